The summed E-state index contributed by atoms with van der Waals surface area (Å²) >= 11 is 0. The van der Waals surface area contributed by atoms with Gasteiger partial charge in [0.15, 0.2) is 9.84 Å². The number of nitrogens with one attached hydrogen (secondary N) is 1. The molecule has 1 unspecified atom stereocenters. The zero-order chi connectivity index (χ0) is 14.7. The Kier molecular flexibility index (Phi) is 9.87. The molecule has 0 aliphatic carbocycles. The van der Waals surface area contributed by atoms with E-state index in [1.807, 2.05) is 0 Å². The quantitative estimate of drug-likeness (QED) is 0.585. The van der Waals surface area contributed by atoms with Gasteiger partial charge in [-0.05, 0) is 39.2 Å². The molecule has 0 aromatic heterocycles. The lowest BCUT2D eigenvalue weighted by Gasteiger charge is -2.16. The minimum atomic E-state index is -3.33. The monoisotopic (exact) mass is 293 g/mol. The lowest BCUT2D eigenvalue weighted by Crippen LogP contribution is -2.30. The van der Waals surface area contributed by atoms with Gasteiger partial charge in [0.05, 0.1) is 12.4 Å². The third-order valence-electron chi connectivity index (χ3n) is 2.83. The summed E-state index contributed by atoms with van der Waals surface area (Å²) in [6.45, 7) is 7.01. The summed E-state index contributed by atoms with van der Waals surface area (Å²) < 4.78 is 28.0. The molecule has 0 spiro atoms. The van der Waals surface area contributed by atoms with Crippen molar-refractivity contribution in [2.45, 2.75) is 52.5 Å². The Hall–Kier alpha value is -0.620. The maximum atomic E-state index is 11.7. The molecule has 0 saturated carbocycles. The number of carbonyl (C=O) groups excluding carboxylic acids is 1. The third kappa shape index (κ3) is 9.90. The molecule has 0 bridgehead atoms. The fraction of sp³-hybridized carbons (Fsp3) is 0.923. The summed E-state index contributed by atoms with van der Waals surface area (Å²) in [7, 11) is -3.33. The van der Waals surface area contributed by atoms with E-state index in [-0.39, 0.29) is 12.4 Å². The average molecular weight is 293 g/mol. The van der Waals surface area contributed by atoms with Gasteiger partial charge in [-0.3, -0.25) is 4.79 Å². The predicted octanol–water partition coefficient (Wildman–Crippen LogP) is 1.52. The Morgan fingerprint density at radius 2 is 1.95 bits per heavy atom. The molecular weight excluding hydrogens is 266 g/mol. The number of ether oxygens (including phenoxy) is 1. The van der Waals surface area contributed by atoms with Crippen molar-refractivity contribution >= 4 is 15.8 Å². The summed E-state index contributed by atoms with van der Waals surface area (Å²) in [5, 5.41) is 3.38. The van der Waals surface area contributed by atoms with Crippen molar-refractivity contribution in [1.29, 1.82) is 0 Å². The molecule has 0 aliphatic heterocycles. The molecule has 1 N–H and O–H groups in total. The Balaban J connectivity index is 3.99. The van der Waals surface area contributed by atoms with E-state index in [9.17, 15) is 13.2 Å². The first-order valence-electron chi connectivity index (χ1n) is 7.04. The highest BCUT2D eigenvalue weighted by Crippen LogP contribution is 2.05. The van der Waals surface area contributed by atoms with Crippen LogP contribution in [0.1, 0.15) is 46.5 Å². The third-order valence-corrected chi connectivity index (χ3v) is 4.41. The minimum absolute atomic E-state index is 0.0517. The molecule has 0 aliphatic rings. The Morgan fingerprint density at radius 1 is 1.26 bits per heavy atom. The van der Waals surface area contributed by atoms with Crippen LogP contribution >= 0.6 is 0 Å². The molecule has 1 atom stereocenters. The van der Waals surface area contributed by atoms with E-state index in [1.165, 1.54) is 0 Å². The largest absolute Gasteiger partial charge is 0.465 e. The van der Waals surface area contributed by atoms with Gasteiger partial charge in [-0.2, -0.15) is 0 Å². The molecule has 0 rings (SSSR count). The number of rotatable bonds is 11. The molecule has 0 aromatic rings. The van der Waals surface area contributed by atoms with Gasteiger partial charge in [-0.15, -0.1) is 0 Å². The van der Waals surface area contributed by atoms with Gasteiger partial charge in [0, 0.05) is 6.04 Å². The molecule has 0 saturated heterocycles. The summed E-state index contributed by atoms with van der Waals surface area (Å²) in [4.78, 5) is 11.1. The molecule has 5 nitrogen and oxygen atoms in total. The van der Waals surface area contributed by atoms with Crippen LogP contribution in [-0.2, 0) is 19.4 Å². The Labute approximate surface area is 117 Å². The van der Waals surface area contributed by atoms with E-state index in [1.54, 1.807) is 6.92 Å². The summed E-state index contributed by atoms with van der Waals surface area (Å²) in [6.07, 6.45) is 3.45. The van der Waals surface area contributed by atoms with E-state index in [0.717, 1.165) is 25.8 Å². The molecule has 0 fully saturated rings. The van der Waals surface area contributed by atoms with Crippen molar-refractivity contribution < 1.29 is 17.9 Å². The maximum Gasteiger partial charge on any atom is 0.321 e. The molecule has 19 heavy (non-hydrogen) atoms. The van der Waals surface area contributed by atoms with E-state index in [2.05, 4.69) is 23.9 Å². The van der Waals surface area contributed by atoms with Crippen molar-refractivity contribution in [3.8, 4) is 0 Å². The van der Waals surface area contributed by atoms with Crippen molar-refractivity contribution in [3.05, 3.63) is 0 Å². The normalized spacial score (nSPS) is 13.2. The second kappa shape index (κ2) is 10.2. The van der Waals surface area contributed by atoms with Crippen LogP contribution < -0.4 is 5.32 Å². The summed E-state index contributed by atoms with van der Waals surface area (Å²) in [6, 6.07) is 0.359. The van der Waals surface area contributed by atoms with Gasteiger partial charge >= 0.3 is 5.97 Å². The first kappa shape index (κ1) is 18.4. The van der Waals surface area contributed by atoms with E-state index < -0.39 is 21.6 Å². The first-order chi connectivity index (χ1) is 8.95. The highest BCUT2D eigenvalue weighted by Gasteiger charge is 2.18. The summed E-state index contributed by atoms with van der Waals surface area (Å²) in [5.41, 5.74) is 0. The number of esters is 1. The van der Waals surface area contributed by atoms with Crippen LogP contribution in [0.15, 0.2) is 0 Å². The predicted molar refractivity (Wildman–Crippen MR) is 76.9 cm³/mol. The van der Waals surface area contributed by atoms with E-state index in [4.69, 9.17) is 0 Å². The lowest BCUT2D eigenvalue weighted by molar-refractivity contribution is -0.139. The molecule has 0 aromatic carbocycles. The Bertz CT molecular complexity index is 341. The second-order valence-electron chi connectivity index (χ2n) is 4.60. The number of hydrogen-bond donors (Lipinski definition) is 1. The molecular formula is C13H27NO4S. The highest BCUT2D eigenvalue weighted by atomic mass is 32.2. The van der Waals surface area contributed by atoms with Crippen LogP contribution in [-0.4, -0.2) is 45.1 Å². The topological polar surface area (TPSA) is 72.5 Å². The van der Waals surface area contributed by atoms with Crippen molar-refractivity contribution in [2.24, 2.45) is 0 Å². The fourth-order valence-electron chi connectivity index (χ4n) is 1.80. The molecule has 0 heterocycles. The zero-order valence-corrected chi connectivity index (χ0v) is 13.1. The van der Waals surface area contributed by atoms with Gasteiger partial charge in [-0.25, -0.2) is 8.42 Å². The maximum absolute atomic E-state index is 11.7. The van der Waals surface area contributed by atoms with Crippen LogP contribution in [0.3, 0.4) is 0 Å². The SMILES string of the molecule is CCCNC(CC)CCCS(=O)(=O)CC(=O)OCC. The van der Waals surface area contributed by atoms with Gasteiger partial charge in [0.1, 0.15) is 5.75 Å². The van der Waals surface area contributed by atoms with Gasteiger partial charge in [-0.1, -0.05) is 13.8 Å². The van der Waals surface area contributed by atoms with Crippen molar-refractivity contribution in [1.82, 2.24) is 5.32 Å². The van der Waals surface area contributed by atoms with Gasteiger partial charge in [0.25, 0.3) is 0 Å². The van der Waals surface area contributed by atoms with Crippen molar-refractivity contribution in [2.75, 3.05) is 24.7 Å². The van der Waals surface area contributed by atoms with Crippen LogP contribution in [0.4, 0.5) is 0 Å². The highest BCUT2D eigenvalue weighted by molar-refractivity contribution is 7.92. The molecule has 114 valence electrons. The van der Waals surface area contributed by atoms with Gasteiger partial charge in [0.2, 0.25) is 0 Å². The molecule has 0 amide bonds. The standard InChI is InChI=1S/C13H27NO4S/c1-4-9-14-12(5-2)8-7-10-19(16,17)11-13(15)18-6-3/h12,14H,4-11H2,1-3H3. The number of sulfone groups is 1. The van der Waals surface area contributed by atoms with Crippen LogP contribution in [0.2, 0.25) is 0 Å². The number of carbonyl (C=O) groups is 1. The Morgan fingerprint density at radius 3 is 2.47 bits per heavy atom. The lowest BCUT2D eigenvalue weighted by atomic mass is 10.1. The minimum Gasteiger partial charge on any atom is -0.465 e. The van der Waals surface area contributed by atoms with Crippen molar-refractivity contribution in [3.63, 3.8) is 0 Å². The van der Waals surface area contributed by atoms with E-state index >= 15 is 0 Å². The molecule has 6 heteroatoms. The molecule has 0 radical (unpaired) electrons. The van der Waals surface area contributed by atoms with Crippen LogP contribution in [0.25, 0.3) is 0 Å². The number of hydrogen-bond acceptors (Lipinski definition) is 5. The van der Waals surface area contributed by atoms with Crippen LogP contribution in [0.5, 0.6) is 0 Å². The van der Waals surface area contributed by atoms with E-state index in [0.29, 0.717) is 12.5 Å². The fourth-order valence-corrected chi connectivity index (χ4v) is 3.00. The average Bonchev–Trinajstić information content (AvgIpc) is 2.32. The van der Waals surface area contributed by atoms with Crippen LogP contribution in [0, 0.1) is 0 Å². The zero-order valence-electron chi connectivity index (χ0n) is 12.3. The first-order valence-corrected chi connectivity index (χ1v) is 8.86. The second-order valence-corrected chi connectivity index (χ2v) is 6.78. The van der Waals surface area contributed by atoms with Gasteiger partial charge < -0.3 is 10.1 Å². The summed E-state index contributed by atoms with van der Waals surface area (Å²) in [5.74, 6) is -1.10. The smallest absolute Gasteiger partial charge is 0.321 e.